The van der Waals surface area contributed by atoms with Crippen molar-refractivity contribution in [1.29, 1.82) is 0 Å². The maximum absolute atomic E-state index is 14.1. The number of carbonyl (C=O) groups is 2. The molecule has 0 bridgehead atoms. The standard InChI is InChI=1S/C35H20N2O4/c38-33-24-11-4-5-12-25(24)34(39)31-26(33)16-17-28-32(31)36-30(20-8-2-1-3-9-20)19-35(28)27-13-7-6-10-22(27)23-15-14-21(37(40)41)18-29(23)35/h1-19,36H/t35-/m1/s1. The lowest BCUT2D eigenvalue weighted by Gasteiger charge is -2.38. The monoisotopic (exact) mass is 532 g/mol. The van der Waals surface area contributed by atoms with E-state index in [-0.39, 0.29) is 22.2 Å². The number of allylic oxidation sites excluding steroid dienone is 1. The Balaban J connectivity index is 1.51. The van der Waals surface area contributed by atoms with Crippen LogP contribution in [0.1, 0.15) is 54.1 Å². The number of rotatable bonds is 2. The number of nitro benzene ring substituents is 1. The topological polar surface area (TPSA) is 89.3 Å². The Hall–Kier alpha value is -5.62. The zero-order valence-corrected chi connectivity index (χ0v) is 21.5. The number of nitro groups is 1. The van der Waals surface area contributed by atoms with Gasteiger partial charge in [0.15, 0.2) is 11.6 Å². The number of carbonyl (C=O) groups excluding carboxylic acids is 2. The van der Waals surface area contributed by atoms with E-state index in [0.717, 1.165) is 39.1 Å². The number of benzene rings is 5. The average Bonchev–Trinajstić information content (AvgIpc) is 3.29. The summed E-state index contributed by atoms with van der Waals surface area (Å²) in [4.78, 5) is 39.3. The van der Waals surface area contributed by atoms with Gasteiger partial charge in [-0.05, 0) is 51.6 Å². The van der Waals surface area contributed by atoms with Gasteiger partial charge in [0.2, 0.25) is 0 Å². The SMILES string of the molecule is O=C1c2ccccc2C(=O)c2c1ccc1c2NC(c2ccccc2)=C[C@@]12c1ccccc1-c1ccc([N+](=O)[O-])cc12. The molecule has 0 aromatic heterocycles. The number of nitrogens with one attached hydrogen (secondary N) is 1. The normalized spacial score (nSPS) is 17.5. The number of non-ortho nitro benzene ring substituents is 1. The quantitative estimate of drug-likeness (QED) is 0.189. The van der Waals surface area contributed by atoms with E-state index in [4.69, 9.17) is 0 Å². The van der Waals surface area contributed by atoms with E-state index < -0.39 is 5.41 Å². The minimum absolute atomic E-state index is 0.0104. The van der Waals surface area contributed by atoms with Crippen LogP contribution in [-0.4, -0.2) is 16.5 Å². The van der Waals surface area contributed by atoms with Crippen LogP contribution in [0.2, 0.25) is 0 Å². The fourth-order valence-electron chi connectivity index (χ4n) is 6.74. The van der Waals surface area contributed by atoms with Gasteiger partial charge in [0, 0.05) is 34.5 Å². The molecule has 6 heteroatoms. The highest BCUT2D eigenvalue weighted by Gasteiger charge is 2.49. The third-order valence-corrected chi connectivity index (χ3v) is 8.50. The van der Waals surface area contributed by atoms with Crippen molar-refractivity contribution in [1.82, 2.24) is 0 Å². The summed E-state index contributed by atoms with van der Waals surface area (Å²) in [5, 5.41) is 15.5. The Morgan fingerprint density at radius 2 is 1.24 bits per heavy atom. The lowest BCUT2D eigenvalue weighted by Crippen LogP contribution is -2.33. The van der Waals surface area contributed by atoms with Gasteiger partial charge in [-0.15, -0.1) is 0 Å². The fourth-order valence-corrected chi connectivity index (χ4v) is 6.74. The molecule has 0 radical (unpaired) electrons. The molecule has 1 heterocycles. The summed E-state index contributed by atoms with van der Waals surface area (Å²) in [6.45, 7) is 0. The summed E-state index contributed by atoms with van der Waals surface area (Å²) < 4.78 is 0. The minimum Gasteiger partial charge on any atom is -0.354 e. The van der Waals surface area contributed by atoms with Gasteiger partial charge in [-0.2, -0.15) is 0 Å². The highest BCUT2D eigenvalue weighted by molar-refractivity contribution is 6.30. The molecule has 194 valence electrons. The summed E-state index contributed by atoms with van der Waals surface area (Å²) >= 11 is 0. The lowest BCUT2D eigenvalue weighted by atomic mass is 9.67. The first kappa shape index (κ1) is 23.3. The smallest absolute Gasteiger partial charge is 0.269 e. The van der Waals surface area contributed by atoms with Crippen LogP contribution < -0.4 is 5.32 Å². The predicted molar refractivity (Wildman–Crippen MR) is 156 cm³/mol. The van der Waals surface area contributed by atoms with Crippen LogP contribution in [0.5, 0.6) is 0 Å². The molecule has 2 aliphatic carbocycles. The molecule has 0 saturated heterocycles. The second kappa shape index (κ2) is 8.19. The summed E-state index contributed by atoms with van der Waals surface area (Å²) in [6.07, 6.45) is 2.11. The molecule has 5 aromatic rings. The first-order valence-electron chi connectivity index (χ1n) is 13.3. The third-order valence-electron chi connectivity index (χ3n) is 8.50. The average molecular weight is 533 g/mol. The molecule has 1 N–H and O–H groups in total. The largest absolute Gasteiger partial charge is 0.354 e. The van der Waals surface area contributed by atoms with E-state index in [1.54, 1.807) is 36.4 Å². The van der Waals surface area contributed by atoms with Crippen LogP contribution in [0.25, 0.3) is 16.8 Å². The molecule has 1 atom stereocenters. The maximum atomic E-state index is 14.1. The lowest BCUT2D eigenvalue weighted by molar-refractivity contribution is -0.384. The second-order valence-electron chi connectivity index (χ2n) is 10.5. The molecule has 0 amide bonds. The fraction of sp³-hybridized carbons (Fsp3) is 0.0286. The van der Waals surface area contributed by atoms with E-state index in [0.29, 0.717) is 27.9 Å². The van der Waals surface area contributed by atoms with E-state index >= 15 is 0 Å². The van der Waals surface area contributed by atoms with Crippen LogP contribution in [0.15, 0.2) is 115 Å². The summed E-state index contributed by atoms with van der Waals surface area (Å²) in [5.41, 5.74) is 7.01. The molecular weight excluding hydrogens is 512 g/mol. The van der Waals surface area contributed by atoms with Crippen LogP contribution >= 0.6 is 0 Å². The molecule has 0 unspecified atom stereocenters. The molecule has 41 heavy (non-hydrogen) atoms. The van der Waals surface area contributed by atoms with E-state index in [2.05, 4.69) is 11.4 Å². The molecule has 8 rings (SSSR count). The van der Waals surface area contributed by atoms with Crippen LogP contribution in [-0.2, 0) is 5.41 Å². The van der Waals surface area contributed by atoms with Crippen molar-refractivity contribution in [3.8, 4) is 11.1 Å². The maximum Gasteiger partial charge on any atom is 0.269 e. The molecule has 5 aromatic carbocycles. The van der Waals surface area contributed by atoms with E-state index in [9.17, 15) is 19.7 Å². The van der Waals surface area contributed by atoms with Crippen LogP contribution in [0, 0.1) is 10.1 Å². The van der Waals surface area contributed by atoms with Crippen LogP contribution in [0.3, 0.4) is 0 Å². The Morgan fingerprint density at radius 1 is 0.610 bits per heavy atom. The Bertz CT molecular complexity index is 2040. The van der Waals surface area contributed by atoms with Gasteiger partial charge in [-0.3, -0.25) is 19.7 Å². The zero-order valence-electron chi connectivity index (χ0n) is 21.5. The van der Waals surface area contributed by atoms with Crippen LogP contribution in [0.4, 0.5) is 11.4 Å². The summed E-state index contributed by atoms with van der Waals surface area (Å²) in [7, 11) is 0. The van der Waals surface area contributed by atoms with E-state index in [1.807, 2.05) is 66.7 Å². The van der Waals surface area contributed by atoms with Gasteiger partial charge in [0.1, 0.15) is 0 Å². The summed E-state index contributed by atoms with van der Waals surface area (Å²) in [5.74, 6) is -0.429. The van der Waals surface area contributed by atoms with Crippen molar-refractivity contribution in [3.05, 3.63) is 170 Å². The minimum atomic E-state index is -0.945. The van der Waals surface area contributed by atoms with Gasteiger partial charge >= 0.3 is 0 Å². The second-order valence-corrected chi connectivity index (χ2v) is 10.5. The van der Waals surface area contributed by atoms with Gasteiger partial charge in [0.25, 0.3) is 5.69 Å². The van der Waals surface area contributed by atoms with E-state index in [1.165, 1.54) is 6.07 Å². The number of ketones is 2. The van der Waals surface area contributed by atoms with Crippen molar-refractivity contribution in [2.24, 2.45) is 0 Å². The Labute approximate surface area is 234 Å². The number of hydrogen-bond donors (Lipinski definition) is 1. The molecule has 3 aliphatic rings. The van der Waals surface area contributed by atoms with Crippen molar-refractivity contribution in [2.45, 2.75) is 5.41 Å². The molecule has 1 spiro atoms. The van der Waals surface area contributed by atoms with Crippen molar-refractivity contribution < 1.29 is 14.5 Å². The predicted octanol–water partition coefficient (Wildman–Crippen LogP) is 7.15. The van der Waals surface area contributed by atoms with Gasteiger partial charge < -0.3 is 5.32 Å². The Morgan fingerprint density at radius 3 is 2.00 bits per heavy atom. The van der Waals surface area contributed by atoms with Crippen molar-refractivity contribution >= 4 is 28.6 Å². The summed E-state index contributed by atoms with van der Waals surface area (Å²) in [6, 6.07) is 33.2. The number of hydrogen-bond acceptors (Lipinski definition) is 5. The number of nitrogens with zero attached hydrogens (tertiary/aromatic N) is 1. The molecule has 0 fully saturated rings. The Kier molecular flexibility index (Phi) is 4.65. The first-order valence-corrected chi connectivity index (χ1v) is 13.3. The zero-order chi connectivity index (χ0) is 27.9. The first-order chi connectivity index (χ1) is 20.0. The molecule has 1 aliphatic heterocycles. The van der Waals surface area contributed by atoms with Crippen molar-refractivity contribution in [3.63, 3.8) is 0 Å². The highest BCUT2D eigenvalue weighted by atomic mass is 16.6. The van der Waals surface area contributed by atoms with Gasteiger partial charge in [-0.25, -0.2) is 0 Å². The third kappa shape index (κ3) is 3.01. The highest BCUT2D eigenvalue weighted by Crippen LogP contribution is 2.59. The molecule has 0 saturated carbocycles. The number of anilines is 1. The van der Waals surface area contributed by atoms with Gasteiger partial charge in [0.05, 0.1) is 21.6 Å². The molecular formula is C35H20N2O4. The molecule has 6 nitrogen and oxygen atoms in total. The van der Waals surface area contributed by atoms with Gasteiger partial charge in [-0.1, -0.05) is 84.9 Å². The van der Waals surface area contributed by atoms with Crippen molar-refractivity contribution in [2.75, 3.05) is 5.32 Å². The number of fused-ring (bicyclic) bond motifs is 10.